The van der Waals surface area contributed by atoms with Gasteiger partial charge in [-0.3, -0.25) is 19.9 Å². The topological polar surface area (TPSA) is 117 Å². The van der Waals surface area contributed by atoms with Crippen LogP contribution in [0.25, 0.3) is 0 Å². The zero-order valence-electron chi connectivity index (χ0n) is 14.8. The lowest BCUT2D eigenvalue weighted by atomic mass is 9.92. The quantitative estimate of drug-likeness (QED) is 0.531. The fourth-order valence-electron chi connectivity index (χ4n) is 3.18. The van der Waals surface area contributed by atoms with Crippen LogP contribution in [0.15, 0.2) is 42.7 Å². The minimum absolute atomic E-state index is 0.125. The summed E-state index contributed by atoms with van der Waals surface area (Å²) < 4.78 is 0. The van der Waals surface area contributed by atoms with Gasteiger partial charge in [-0.05, 0) is 43.4 Å². The van der Waals surface area contributed by atoms with Crippen molar-refractivity contribution in [3.05, 3.63) is 64.0 Å². The molecule has 27 heavy (non-hydrogen) atoms. The number of anilines is 1. The number of aromatic nitrogens is 1. The van der Waals surface area contributed by atoms with Crippen LogP contribution in [0, 0.1) is 10.1 Å². The van der Waals surface area contributed by atoms with Crippen molar-refractivity contribution in [3.63, 3.8) is 0 Å². The molecule has 1 fully saturated rings. The van der Waals surface area contributed by atoms with Gasteiger partial charge >= 0.3 is 0 Å². The first-order valence-corrected chi connectivity index (χ1v) is 8.93. The van der Waals surface area contributed by atoms with Gasteiger partial charge in [-0.25, -0.2) is 0 Å². The lowest BCUT2D eigenvalue weighted by molar-refractivity contribution is -0.384. The average molecular weight is 370 g/mol. The van der Waals surface area contributed by atoms with Gasteiger partial charge in [-0.15, -0.1) is 0 Å². The molecule has 0 spiro atoms. The van der Waals surface area contributed by atoms with E-state index >= 15 is 0 Å². The van der Waals surface area contributed by atoms with Crippen molar-refractivity contribution in [2.24, 2.45) is 0 Å². The molecule has 0 bridgehead atoms. The van der Waals surface area contributed by atoms with E-state index in [4.69, 9.17) is 0 Å². The maximum atomic E-state index is 12.7. The predicted molar refractivity (Wildman–Crippen MR) is 100 cm³/mol. The Kier molecular flexibility index (Phi) is 5.97. The maximum absolute atomic E-state index is 12.7. The number of carbonyl (C=O) groups excluding carboxylic acids is 1. The van der Waals surface area contributed by atoms with Gasteiger partial charge in [0.25, 0.3) is 11.6 Å². The minimum atomic E-state index is -0.515. The van der Waals surface area contributed by atoms with Gasteiger partial charge in [0.2, 0.25) is 0 Å². The van der Waals surface area contributed by atoms with Gasteiger partial charge in [0.05, 0.1) is 16.6 Å². The van der Waals surface area contributed by atoms with E-state index in [1.807, 2.05) is 6.07 Å². The Labute approximate surface area is 156 Å². The van der Waals surface area contributed by atoms with E-state index in [-0.39, 0.29) is 35.8 Å². The second kappa shape index (κ2) is 8.59. The fourth-order valence-corrected chi connectivity index (χ4v) is 3.18. The second-order valence-corrected chi connectivity index (χ2v) is 6.68. The van der Waals surface area contributed by atoms with Crippen molar-refractivity contribution < 1.29 is 14.8 Å². The minimum Gasteiger partial charge on any atom is -0.393 e. The predicted octanol–water partition coefficient (Wildman–Crippen LogP) is 2.64. The van der Waals surface area contributed by atoms with E-state index in [9.17, 15) is 20.0 Å². The molecule has 0 radical (unpaired) electrons. The Morgan fingerprint density at radius 3 is 2.70 bits per heavy atom. The molecule has 1 aliphatic carbocycles. The third kappa shape index (κ3) is 5.01. The Balaban J connectivity index is 1.76. The molecule has 1 aromatic carbocycles. The number of pyridine rings is 1. The molecule has 0 atom stereocenters. The number of aliphatic hydroxyl groups excluding tert-OH is 1. The average Bonchev–Trinajstić information content (AvgIpc) is 2.69. The highest BCUT2D eigenvalue weighted by Gasteiger charge is 2.22. The number of amides is 1. The Bertz CT molecular complexity index is 805. The fraction of sp³-hybridized carbons (Fsp3) is 0.368. The lowest BCUT2D eigenvalue weighted by Crippen LogP contribution is -2.30. The summed E-state index contributed by atoms with van der Waals surface area (Å²) in [5.74, 6) is -0.388. The normalized spacial score (nSPS) is 19.3. The van der Waals surface area contributed by atoms with E-state index < -0.39 is 4.92 Å². The largest absolute Gasteiger partial charge is 0.393 e. The summed E-state index contributed by atoms with van der Waals surface area (Å²) in [5, 5.41) is 26.8. The van der Waals surface area contributed by atoms with E-state index in [0.717, 1.165) is 18.4 Å². The number of hydrogen-bond acceptors (Lipinski definition) is 6. The highest BCUT2D eigenvalue weighted by Crippen LogP contribution is 2.27. The molecular weight excluding hydrogens is 348 g/mol. The number of nitrogens with zero attached hydrogens (tertiary/aromatic N) is 2. The third-order valence-electron chi connectivity index (χ3n) is 4.69. The van der Waals surface area contributed by atoms with Crippen LogP contribution in [-0.4, -0.2) is 33.1 Å². The molecule has 142 valence electrons. The summed E-state index contributed by atoms with van der Waals surface area (Å²) in [4.78, 5) is 27.3. The first-order chi connectivity index (χ1) is 13.0. The maximum Gasteiger partial charge on any atom is 0.270 e. The number of aliphatic hydroxyl groups is 1. The molecule has 0 unspecified atom stereocenters. The molecule has 3 rings (SSSR count). The van der Waals surface area contributed by atoms with E-state index in [1.54, 1.807) is 24.5 Å². The molecule has 3 N–H and O–H groups in total. The van der Waals surface area contributed by atoms with Crippen LogP contribution < -0.4 is 10.6 Å². The summed E-state index contributed by atoms with van der Waals surface area (Å²) in [6.07, 6.45) is 6.00. The Morgan fingerprint density at radius 1 is 1.26 bits per heavy atom. The van der Waals surface area contributed by atoms with Gasteiger partial charge in [0, 0.05) is 42.8 Å². The Morgan fingerprint density at radius 2 is 2.04 bits per heavy atom. The molecule has 0 saturated heterocycles. The SMILES string of the molecule is O=C(NCc1cccnc1)c1cc([N+](=O)[O-])ccc1N[C@H]1CC[C@H](O)CC1. The number of rotatable bonds is 6. The van der Waals surface area contributed by atoms with Crippen molar-refractivity contribution in [1.29, 1.82) is 0 Å². The van der Waals surface area contributed by atoms with E-state index in [0.29, 0.717) is 18.5 Å². The number of nitro groups is 1. The molecule has 1 aromatic heterocycles. The zero-order valence-corrected chi connectivity index (χ0v) is 14.8. The summed E-state index contributed by atoms with van der Waals surface area (Å²) in [5.41, 5.74) is 1.50. The number of hydrogen-bond donors (Lipinski definition) is 3. The zero-order chi connectivity index (χ0) is 19.2. The molecule has 2 aromatic rings. The van der Waals surface area contributed by atoms with Crippen molar-refractivity contribution in [2.45, 2.75) is 44.4 Å². The number of nitro benzene ring substituents is 1. The van der Waals surface area contributed by atoms with Crippen LogP contribution in [-0.2, 0) is 6.54 Å². The van der Waals surface area contributed by atoms with Crippen molar-refractivity contribution in [2.75, 3.05) is 5.32 Å². The summed E-state index contributed by atoms with van der Waals surface area (Å²) in [6.45, 7) is 0.282. The van der Waals surface area contributed by atoms with Crippen LogP contribution in [0.5, 0.6) is 0 Å². The third-order valence-corrected chi connectivity index (χ3v) is 4.69. The second-order valence-electron chi connectivity index (χ2n) is 6.68. The molecule has 1 aliphatic rings. The van der Waals surface area contributed by atoms with Crippen LogP contribution in [0.1, 0.15) is 41.6 Å². The highest BCUT2D eigenvalue weighted by molar-refractivity contribution is 6.00. The van der Waals surface area contributed by atoms with Crippen LogP contribution >= 0.6 is 0 Å². The van der Waals surface area contributed by atoms with Crippen LogP contribution in [0.3, 0.4) is 0 Å². The van der Waals surface area contributed by atoms with Gasteiger partial charge in [-0.1, -0.05) is 6.07 Å². The first-order valence-electron chi connectivity index (χ1n) is 8.93. The van der Waals surface area contributed by atoms with Crippen LogP contribution in [0.2, 0.25) is 0 Å². The highest BCUT2D eigenvalue weighted by atomic mass is 16.6. The molecule has 8 nitrogen and oxygen atoms in total. The van der Waals surface area contributed by atoms with Crippen LogP contribution in [0.4, 0.5) is 11.4 Å². The lowest BCUT2D eigenvalue weighted by Gasteiger charge is -2.27. The van der Waals surface area contributed by atoms with Gasteiger partial charge in [-0.2, -0.15) is 0 Å². The first kappa shape index (κ1) is 18.8. The van der Waals surface area contributed by atoms with Crippen molar-refractivity contribution in [3.8, 4) is 0 Å². The molecule has 1 heterocycles. The number of benzene rings is 1. The summed E-state index contributed by atoms with van der Waals surface area (Å²) in [6, 6.07) is 7.99. The molecular formula is C19H22N4O4. The van der Waals surface area contributed by atoms with Gasteiger partial charge in [0.15, 0.2) is 0 Å². The molecule has 8 heteroatoms. The van der Waals surface area contributed by atoms with Crippen molar-refractivity contribution in [1.82, 2.24) is 10.3 Å². The number of non-ortho nitro benzene ring substituents is 1. The smallest absolute Gasteiger partial charge is 0.270 e. The van der Waals surface area contributed by atoms with Crippen molar-refractivity contribution >= 4 is 17.3 Å². The summed E-state index contributed by atoms with van der Waals surface area (Å²) >= 11 is 0. The standard InChI is InChI=1S/C19H22N4O4/c24-16-6-3-14(4-7-16)22-18-8-5-15(23(26)27)10-17(18)19(25)21-12-13-2-1-9-20-11-13/h1-2,5,8-11,14,16,22,24H,3-4,6-7,12H2,(H,21,25)/t14-,16-. The Hall–Kier alpha value is -3.00. The van der Waals surface area contributed by atoms with E-state index in [2.05, 4.69) is 15.6 Å². The van der Waals surface area contributed by atoms with Gasteiger partial charge < -0.3 is 15.7 Å². The van der Waals surface area contributed by atoms with E-state index in [1.165, 1.54) is 12.1 Å². The summed E-state index contributed by atoms with van der Waals surface area (Å²) in [7, 11) is 0. The number of nitrogens with one attached hydrogen (secondary N) is 2. The number of carbonyl (C=O) groups is 1. The molecule has 1 saturated carbocycles. The monoisotopic (exact) mass is 370 g/mol. The molecule has 0 aliphatic heterocycles. The molecule has 1 amide bonds. The van der Waals surface area contributed by atoms with Gasteiger partial charge in [0.1, 0.15) is 0 Å².